The summed E-state index contributed by atoms with van der Waals surface area (Å²) in [6.07, 6.45) is 0.282. The van der Waals surface area contributed by atoms with Crippen molar-refractivity contribution in [3.05, 3.63) is 88.6 Å². The monoisotopic (exact) mass is 631 g/mol. The number of carbonyl (C=O) groups excluding carboxylic acids is 3. The van der Waals surface area contributed by atoms with Crippen molar-refractivity contribution in [2.45, 2.75) is 45.7 Å². The van der Waals surface area contributed by atoms with Gasteiger partial charge in [0.15, 0.2) is 5.58 Å². The van der Waals surface area contributed by atoms with Crippen molar-refractivity contribution in [2.24, 2.45) is 5.92 Å². The Hall–Kier alpha value is -5.73. The molecule has 14 nitrogen and oxygen atoms in total. The molecule has 1 atom stereocenters. The number of rotatable bonds is 10. The number of Topliss-reactive ketones (excluding diaryl/α,β-unsaturated/α-hetero) is 1. The second-order valence-corrected chi connectivity index (χ2v) is 11.2. The summed E-state index contributed by atoms with van der Waals surface area (Å²) in [5, 5.41) is 12.9. The first kappa shape index (κ1) is 31.7. The topological polar surface area (TPSA) is 184 Å². The molecule has 5 aromatic rings. The van der Waals surface area contributed by atoms with E-state index in [-0.39, 0.29) is 29.2 Å². The number of benzene rings is 2. The normalized spacial score (nSPS) is 12.2. The van der Waals surface area contributed by atoms with Crippen molar-refractivity contribution in [1.29, 1.82) is 0 Å². The molecule has 3 aromatic heterocycles. The van der Waals surface area contributed by atoms with Gasteiger partial charge in [0.2, 0.25) is 23.5 Å². The molecular weight excluding hydrogens is 601 g/mol. The van der Waals surface area contributed by atoms with E-state index in [2.05, 4.69) is 35.5 Å². The van der Waals surface area contributed by atoms with Gasteiger partial charge in [-0.15, -0.1) is 10.2 Å². The van der Waals surface area contributed by atoms with E-state index >= 15 is 0 Å². The van der Waals surface area contributed by atoms with Crippen LogP contribution in [0.3, 0.4) is 0 Å². The van der Waals surface area contributed by atoms with Gasteiger partial charge in [0.1, 0.15) is 34.8 Å². The predicted octanol–water partition coefficient (Wildman–Crippen LogP) is 4.10. The molecule has 0 radical (unpaired) electrons. The Kier molecular flexibility index (Phi) is 8.76. The molecule has 5 rings (SSSR count). The fourth-order valence-electron chi connectivity index (χ4n) is 4.57. The van der Waals surface area contributed by atoms with E-state index in [9.17, 15) is 23.6 Å². The number of carbonyl (C=O) groups is 3. The third kappa shape index (κ3) is 6.38. The van der Waals surface area contributed by atoms with Crippen molar-refractivity contribution >= 4 is 34.6 Å². The lowest BCUT2D eigenvalue weighted by molar-refractivity contribution is -0.122. The summed E-state index contributed by atoms with van der Waals surface area (Å²) < 4.78 is 30.9. The Labute approximate surface area is 261 Å². The maximum absolute atomic E-state index is 13.7. The zero-order valence-electron chi connectivity index (χ0n) is 25.5. The Morgan fingerprint density at radius 2 is 1.78 bits per heavy atom. The van der Waals surface area contributed by atoms with E-state index in [0.717, 1.165) is 11.7 Å². The van der Waals surface area contributed by atoms with Crippen molar-refractivity contribution in [3.8, 4) is 11.4 Å². The third-order valence-corrected chi connectivity index (χ3v) is 7.12. The van der Waals surface area contributed by atoms with Gasteiger partial charge < -0.3 is 18.9 Å². The smallest absolute Gasteiger partial charge is 0.411 e. The Morgan fingerprint density at radius 3 is 2.48 bits per heavy atom. The summed E-state index contributed by atoms with van der Waals surface area (Å²) in [6, 6.07) is 11.5. The number of fused-ring (bicyclic) bond motifs is 1. The van der Waals surface area contributed by atoms with E-state index in [4.69, 9.17) is 8.83 Å². The number of nitrogens with zero attached hydrogens (tertiary/aromatic N) is 5. The van der Waals surface area contributed by atoms with Gasteiger partial charge in [-0.25, -0.2) is 19.2 Å². The van der Waals surface area contributed by atoms with Crippen LogP contribution in [0.15, 0.2) is 68.4 Å². The SMILES string of the molecule is COC(=O)Nc1cnc(-c2ccccc2)n(CC(=O)NC(C(=O)c2nnc(C(C)(C)c3nc4cc(F)ccc4o3)o2)C(C)C)c1=O. The molecule has 0 saturated carbocycles. The summed E-state index contributed by atoms with van der Waals surface area (Å²) in [5.74, 6) is -2.28. The van der Waals surface area contributed by atoms with Crippen LogP contribution in [0.2, 0.25) is 0 Å². The van der Waals surface area contributed by atoms with Crippen LogP contribution in [0.5, 0.6) is 0 Å². The number of anilines is 1. The number of aromatic nitrogens is 5. The number of halogens is 1. The van der Waals surface area contributed by atoms with E-state index < -0.39 is 53.1 Å². The van der Waals surface area contributed by atoms with Gasteiger partial charge in [0, 0.05) is 11.6 Å². The molecule has 0 bridgehead atoms. The van der Waals surface area contributed by atoms with Gasteiger partial charge >= 0.3 is 6.09 Å². The highest BCUT2D eigenvalue weighted by Gasteiger charge is 2.37. The van der Waals surface area contributed by atoms with Crippen molar-refractivity contribution in [3.63, 3.8) is 0 Å². The molecule has 2 N–H and O–H groups in total. The molecule has 46 heavy (non-hydrogen) atoms. The summed E-state index contributed by atoms with van der Waals surface area (Å²) in [7, 11) is 1.14. The number of ether oxygens (including phenoxy) is 1. The highest BCUT2D eigenvalue weighted by Crippen LogP contribution is 2.32. The van der Waals surface area contributed by atoms with Gasteiger partial charge in [-0.3, -0.25) is 24.3 Å². The number of ketones is 1. The molecular formula is C31H30FN7O7. The first-order valence-electron chi connectivity index (χ1n) is 14.1. The molecule has 0 aliphatic carbocycles. The molecule has 2 amide bonds. The standard InChI is InChI=1S/C31H30FN7O7/c1-16(2)23(24(41)26-37-38-29(46-26)31(3,4)28-34-19-13-18(32)11-12-21(19)45-28)36-22(40)15-39-25(17-9-7-6-8-10-17)33-14-20(27(39)42)35-30(43)44-5/h6-14,16,23H,15H2,1-5H3,(H,35,43)(H,36,40). The molecule has 15 heteroatoms. The van der Waals surface area contributed by atoms with Gasteiger partial charge in [-0.2, -0.15) is 0 Å². The van der Waals surface area contributed by atoms with Gasteiger partial charge in [-0.05, 0) is 31.9 Å². The fraction of sp³-hybridized carbons (Fsp3) is 0.290. The molecule has 2 aromatic carbocycles. The van der Waals surface area contributed by atoms with Crippen molar-refractivity contribution < 1.29 is 32.3 Å². The molecule has 238 valence electrons. The summed E-state index contributed by atoms with van der Waals surface area (Å²) >= 11 is 0. The predicted molar refractivity (Wildman–Crippen MR) is 161 cm³/mol. The van der Waals surface area contributed by atoms with Crippen molar-refractivity contribution in [1.82, 2.24) is 30.0 Å². The zero-order valence-corrected chi connectivity index (χ0v) is 25.5. The second-order valence-electron chi connectivity index (χ2n) is 11.2. The van der Waals surface area contributed by atoms with E-state index in [1.54, 1.807) is 58.0 Å². The average Bonchev–Trinajstić information content (AvgIpc) is 3.70. The zero-order chi connectivity index (χ0) is 33.2. The third-order valence-electron chi connectivity index (χ3n) is 7.12. The van der Waals surface area contributed by atoms with Crippen molar-refractivity contribution in [2.75, 3.05) is 12.4 Å². The lowest BCUT2D eigenvalue weighted by atomic mass is 9.93. The summed E-state index contributed by atoms with van der Waals surface area (Å²) in [5.41, 5.74) is -0.813. The second kappa shape index (κ2) is 12.7. The fourth-order valence-corrected chi connectivity index (χ4v) is 4.57. The highest BCUT2D eigenvalue weighted by atomic mass is 19.1. The lowest BCUT2D eigenvalue weighted by Crippen LogP contribution is -2.46. The molecule has 3 heterocycles. The summed E-state index contributed by atoms with van der Waals surface area (Å²) in [6.45, 7) is 6.27. The van der Waals surface area contributed by atoms with Crippen LogP contribution in [0.25, 0.3) is 22.5 Å². The minimum Gasteiger partial charge on any atom is -0.453 e. The molecule has 0 spiro atoms. The number of amides is 2. The first-order valence-corrected chi connectivity index (χ1v) is 14.1. The quantitative estimate of drug-likeness (QED) is 0.212. The maximum atomic E-state index is 13.7. The Morgan fingerprint density at radius 1 is 1.04 bits per heavy atom. The van der Waals surface area contributed by atoms with Crippen LogP contribution in [0.4, 0.5) is 14.9 Å². The Balaban J connectivity index is 1.39. The number of hydrogen-bond donors (Lipinski definition) is 2. The van der Waals surface area contributed by atoms with E-state index in [1.807, 2.05) is 0 Å². The largest absolute Gasteiger partial charge is 0.453 e. The highest BCUT2D eigenvalue weighted by molar-refractivity contribution is 5.98. The minimum atomic E-state index is -1.11. The van der Waals surface area contributed by atoms with Crippen LogP contribution in [-0.4, -0.2) is 55.7 Å². The lowest BCUT2D eigenvalue weighted by Gasteiger charge is -2.21. The molecule has 0 saturated heterocycles. The van der Waals surface area contributed by atoms with Crippen LogP contribution in [-0.2, 0) is 21.5 Å². The number of methoxy groups -OCH3 is 1. The van der Waals surface area contributed by atoms with Crippen LogP contribution in [0.1, 0.15) is 50.2 Å². The summed E-state index contributed by atoms with van der Waals surface area (Å²) in [4.78, 5) is 60.7. The average molecular weight is 632 g/mol. The molecule has 1 unspecified atom stereocenters. The van der Waals surface area contributed by atoms with Crippen LogP contribution >= 0.6 is 0 Å². The number of hydrogen-bond acceptors (Lipinski definition) is 11. The minimum absolute atomic E-state index is 0.0109. The Bertz CT molecular complexity index is 1980. The van der Waals surface area contributed by atoms with Gasteiger partial charge in [0.05, 0.1) is 19.3 Å². The van der Waals surface area contributed by atoms with E-state index in [1.165, 1.54) is 24.4 Å². The van der Waals surface area contributed by atoms with Gasteiger partial charge in [-0.1, -0.05) is 44.2 Å². The van der Waals surface area contributed by atoms with Crippen LogP contribution < -0.4 is 16.2 Å². The maximum Gasteiger partial charge on any atom is 0.411 e. The molecule has 0 aliphatic heterocycles. The molecule has 0 fully saturated rings. The molecule has 0 aliphatic rings. The number of nitrogens with one attached hydrogen (secondary N) is 2. The first-order chi connectivity index (χ1) is 21.9. The van der Waals surface area contributed by atoms with E-state index in [0.29, 0.717) is 16.7 Å². The number of oxazole rings is 1. The van der Waals surface area contributed by atoms with Gasteiger partial charge in [0.25, 0.3) is 11.4 Å². The van der Waals surface area contributed by atoms with Crippen LogP contribution in [0, 0.1) is 11.7 Å².